The van der Waals surface area contributed by atoms with Crippen LogP contribution in [0.3, 0.4) is 0 Å². The number of benzene rings is 1. The number of amides is 4. The van der Waals surface area contributed by atoms with E-state index in [4.69, 9.17) is 28.8 Å². The largest absolute Gasteiger partial charge is 0.444 e. The number of fused-ring (bicyclic) bond motifs is 1. The predicted octanol–water partition coefficient (Wildman–Crippen LogP) is 2.99. The van der Waals surface area contributed by atoms with E-state index in [-0.39, 0.29) is 44.7 Å². The third-order valence-electron chi connectivity index (χ3n) is 9.14. The Morgan fingerprint density at radius 2 is 1.56 bits per heavy atom. The van der Waals surface area contributed by atoms with Crippen molar-refractivity contribution in [3.8, 4) is 0 Å². The minimum Gasteiger partial charge on any atom is -0.444 e. The fourth-order valence-corrected chi connectivity index (χ4v) is 6.21. The molecule has 0 saturated carbocycles. The second-order valence-corrected chi connectivity index (χ2v) is 15.5. The van der Waals surface area contributed by atoms with Crippen molar-refractivity contribution in [3.63, 3.8) is 0 Å². The number of nitrogens with one attached hydrogen (secondary N) is 2. The molecule has 1 heterocycles. The quantitative estimate of drug-likeness (QED) is 0.191. The van der Waals surface area contributed by atoms with E-state index < -0.39 is 53.2 Å². The Balaban J connectivity index is 1.70. The number of hydrogen-bond donors (Lipinski definition) is 3. The maximum Gasteiger partial charge on any atom is 0.410 e. The van der Waals surface area contributed by atoms with Crippen LogP contribution >= 0.6 is 0 Å². The SMILES string of the molecule is C[C@@H](C(=O)N[C@H](C(=O)N1C[C@@H](OCCOCCOCCOCCO)C[C@H]1C(=O)N[C@H]1CCCc2ccccc21)C(C)(C)C)N(C)C(=O)OC(C)(C)C. The molecule has 4 amide bonds. The summed E-state index contributed by atoms with van der Waals surface area (Å²) in [6.45, 7) is 14.8. The average molecular weight is 735 g/mol. The molecular formula is C38H62N4O10. The van der Waals surface area contributed by atoms with Crippen molar-refractivity contribution in [2.45, 2.75) is 110 Å². The number of aliphatic hydroxyl groups excluding tert-OH is 1. The summed E-state index contributed by atoms with van der Waals surface area (Å²) in [6, 6.07) is 5.17. The van der Waals surface area contributed by atoms with Gasteiger partial charge >= 0.3 is 6.09 Å². The molecule has 52 heavy (non-hydrogen) atoms. The zero-order chi connectivity index (χ0) is 38.5. The lowest BCUT2D eigenvalue weighted by Crippen LogP contribution is -2.60. The van der Waals surface area contributed by atoms with E-state index in [2.05, 4.69) is 16.7 Å². The molecule has 1 aromatic rings. The molecule has 1 saturated heterocycles. The predicted molar refractivity (Wildman–Crippen MR) is 195 cm³/mol. The van der Waals surface area contributed by atoms with Crippen molar-refractivity contribution in [1.82, 2.24) is 20.4 Å². The first-order valence-electron chi connectivity index (χ1n) is 18.4. The molecule has 1 aliphatic heterocycles. The molecule has 1 aliphatic carbocycles. The van der Waals surface area contributed by atoms with Crippen LogP contribution in [-0.2, 0) is 44.5 Å². The number of aliphatic hydroxyl groups is 1. The lowest BCUT2D eigenvalue weighted by molar-refractivity contribution is -0.144. The normalized spacial score (nSPS) is 20.1. The summed E-state index contributed by atoms with van der Waals surface area (Å²) < 4.78 is 27.8. The number of likely N-dealkylation sites (N-methyl/N-ethyl adjacent to an activating group) is 1. The molecule has 0 spiro atoms. The lowest BCUT2D eigenvalue weighted by Gasteiger charge is -2.37. The van der Waals surface area contributed by atoms with E-state index >= 15 is 0 Å². The summed E-state index contributed by atoms with van der Waals surface area (Å²) in [5, 5.41) is 14.9. The van der Waals surface area contributed by atoms with Crippen LogP contribution in [0.25, 0.3) is 0 Å². The Bertz CT molecular complexity index is 1310. The van der Waals surface area contributed by atoms with E-state index in [1.807, 2.05) is 39.0 Å². The van der Waals surface area contributed by atoms with Crippen LogP contribution in [0, 0.1) is 5.41 Å². The number of ether oxygens (including phenoxy) is 5. The number of hydrogen-bond acceptors (Lipinski definition) is 10. The number of carbonyl (C=O) groups excluding carboxylic acids is 4. The lowest BCUT2D eigenvalue weighted by atomic mass is 9.85. The van der Waals surface area contributed by atoms with Gasteiger partial charge in [0.1, 0.15) is 23.7 Å². The van der Waals surface area contributed by atoms with E-state index in [9.17, 15) is 19.2 Å². The van der Waals surface area contributed by atoms with Gasteiger partial charge in [0.05, 0.1) is 65.0 Å². The van der Waals surface area contributed by atoms with E-state index in [0.717, 1.165) is 24.8 Å². The fourth-order valence-electron chi connectivity index (χ4n) is 6.21. The van der Waals surface area contributed by atoms with Crippen molar-refractivity contribution < 1.29 is 48.0 Å². The molecule has 0 bridgehead atoms. The Morgan fingerprint density at radius 1 is 0.942 bits per heavy atom. The van der Waals surface area contributed by atoms with Gasteiger partial charge in [-0.15, -0.1) is 0 Å². The fraction of sp³-hybridized carbons (Fsp3) is 0.737. The summed E-state index contributed by atoms with van der Waals surface area (Å²) in [6.07, 6.45) is 1.88. The number of likely N-dealkylation sites (tertiary alicyclic amines) is 1. The number of rotatable bonds is 18. The van der Waals surface area contributed by atoms with Gasteiger partial charge in [0.2, 0.25) is 17.7 Å². The van der Waals surface area contributed by atoms with Gasteiger partial charge in [-0.05, 0) is 63.5 Å². The Hall–Kier alpha value is -3.30. The third kappa shape index (κ3) is 13.3. The van der Waals surface area contributed by atoms with Crippen LogP contribution in [0.15, 0.2) is 24.3 Å². The van der Waals surface area contributed by atoms with Gasteiger partial charge in [-0.25, -0.2) is 4.79 Å². The average Bonchev–Trinajstić information content (AvgIpc) is 3.52. The highest BCUT2D eigenvalue weighted by Gasteiger charge is 2.46. The molecule has 1 fully saturated rings. The summed E-state index contributed by atoms with van der Waals surface area (Å²) in [5.41, 5.74) is 0.820. The maximum atomic E-state index is 14.5. The highest BCUT2D eigenvalue weighted by atomic mass is 16.6. The van der Waals surface area contributed by atoms with Crippen molar-refractivity contribution in [3.05, 3.63) is 35.4 Å². The van der Waals surface area contributed by atoms with E-state index in [1.165, 1.54) is 22.4 Å². The number of aryl methyl sites for hydroxylation is 1. The minimum absolute atomic E-state index is 0.0291. The summed E-state index contributed by atoms with van der Waals surface area (Å²) >= 11 is 0. The van der Waals surface area contributed by atoms with Crippen molar-refractivity contribution >= 4 is 23.8 Å². The Kier molecular flexibility index (Phi) is 16.8. The molecule has 3 rings (SSSR count). The zero-order valence-electron chi connectivity index (χ0n) is 32.4. The van der Waals surface area contributed by atoms with Crippen LogP contribution in [0.2, 0.25) is 0 Å². The zero-order valence-corrected chi connectivity index (χ0v) is 32.4. The summed E-state index contributed by atoms with van der Waals surface area (Å²) in [5.74, 6) is -1.19. The number of nitrogens with zero attached hydrogens (tertiary/aromatic N) is 2. The van der Waals surface area contributed by atoms with Crippen LogP contribution < -0.4 is 10.6 Å². The molecule has 2 aliphatic rings. The molecule has 294 valence electrons. The molecule has 3 N–H and O–H groups in total. The van der Waals surface area contributed by atoms with Gasteiger partial charge in [-0.2, -0.15) is 0 Å². The van der Waals surface area contributed by atoms with Crippen molar-refractivity contribution in [2.24, 2.45) is 5.41 Å². The summed E-state index contributed by atoms with van der Waals surface area (Å²) in [7, 11) is 1.48. The highest BCUT2D eigenvalue weighted by Crippen LogP contribution is 2.32. The van der Waals surface area contributed by atoms with Gasteiger partial charge in [-0.1, -0.05) is 45.0 Å². The van der Waals surface area contributed by atoms with Gasteiger partial charge in [0, 0.05) is 20.0 Å². The van der Waals surface area contributed by atoms with Gasteiger partial charge in [0.15, 0.2) is 0 Å². The molecule has 5 atom stereocenters. The van der Waals surface area contributed by atoms with Crippen LogP contribution in [0.4, 0.5) is 4.79 Å². The smallest absolute Gasteiger partial charge is 0.410 e. The van der Waals surface area contributed by atoms with Gasteiger partial charge in [-0.3, -0.25) is 19.3 Å². The molecule has 0 unspecified atom stereocenters. The van der Waals surface area contributed by atoms with Crippen LogP contribution in [0.1, 0.15) is 84.9 Å². The van der Waals surface area contributed by atoms with Crippen LogP contribution in [-0.4, -0.2) is 135 Å². The van der Waals surface area contributed by atoms with Gasteiger partial charge < -0.3 is 44.3 Å². The molecule has 0 radical (unpaired) electrons. The molecule has 14 heteroatoms. The molecule has 0 aromatic heterocycles. The van der Waals surface area contributed by atoms with Gasteiger partial charge in [0.25, 0.3) is 0 Å². The second kappa shape index (κ2) is 20.2. The number of carbonyl (C=O) groups is 4. The van der Waals surface area contributed by atoms with Crippen LogP contribution in [0.5, 0.6) is 0 Å². The first-order valence-corrected chi connectivity index (χ1v) is 18.4. The minimum atomic E-state index is -1.00. The molecule has 14 nitrogen and oxygen atoms in total. The first kappa shape index (κ1) is 43.1. The Labute approximate surface area is 309 Å². The summed E-state index contributed by atoms with van der Waals surface area (Å²) in [4.78, 5) is 57.5. The van der Waals surface area contributed by atoms with E-state index in [0.29, 0.717) is 33.0 Å². The third-order valence-corrected chi connectivity index (χ3v) is 9.14. The maximum absolute atomic E-state index is 14.5. The first-order chi connectivity index (χ1) is 24.5. The van der Waals surface area contributed by atoms with Crippen molar-refractivity contribution in [1.29, 1.82) is 0 Å². The Morgan fingerprint density at radius 3 is 2.17 bits per heavy atom. The molecule has 1 aromatic carbocycles. The standard InChI is InChI=1S/C38H62N4O10/c1-26(41(8)36(47)52-38(5,6)7)33(44)40-32(37(2,3)4)35(46)42-25-28(51-23-22-50-21-20-49-19-18-48-17-16-43)24-31(42)34(45)39-30-15-11-13-27-12-9-10-14-29(27)30/h9-10,12,14,26,28,30-32,43H,11,13,15-25H2,1-8H3,(H,39,45)(H,40,44)/t26-,28-,30-,31-,32+/m0/s1. The second-order valence-electron chi connectivity index (χ2n) is 15.5. The van der Waals surface area contributed by atoms with E-state index in [1.54, 1.807) is 27.7 Å². The topological polar surface area (TPSA) is 165 Å². The monoisotopic (exact) mass is 734 g/mol. The van der Waals surface area contributed by atoms with Crippen molar-refractivity contribution in [2.75, 3.05) is 66.4 Å². The highest BCUT2D eigenvalue weighted by molar-refractivity contribution is 5.94. The molecular weight excluding hydrogens is 672 g/mol.